The number of halogens is 2. The van der Waals surface area contributed by atoms with E-state index in [-0.39, 0.29) is 24.5 Å². The Hall–Kier alpha value is -1.16. The number of piperidine rings is 1. The lowest BCUT2D eigenvalue weighted by Gasteiger charge is -2.38. The number of hydrogen-bond donors (Lipinski definition) is 1. The van der Waals surface area contributed by atoms with Gasteiger partial charge in [-0.1, -0.05) is 35.9 Å². The molecule has 1 N–H and O–H groups in total. The molecular formula is C25H36Cl2N2O5S. The second kappa shape index (κ2) is 11.5. The van der Waals surface area contributed by atoms with Crippen LogP contribution in [-0.4, -0.2) is 58.0 Å². The van der Waals surface area contributed by atoms with Gasteiger partial charge < -0.3 is 19.1 Å². The van der Waals surface area contributed by atoms with Crippen LogP contribution in [0.2, 0.25) is 10.0 Å². The fourth-order valence-electron chi connectivity index (χ4n) is 4.26. The Morgan fingerprint density at radius 1 is 1.34 bits per heavy atom. The average molecular weight is 548 g/mol. The molecule has 2 saturated heterocycles. The molecule has 7 nitrogen and oxygen atoms in total. The van der Waals surface area contributed by atoms with Crippen molar-refractivity contribution in [3.05, 3.63) is 40.4 Å². The van der Waals surface area contributed by atoms with Gasteiger partial charge in [0.25, 0.3) is 5.91 Å². The van der Waals surface area contributed by atoms with Gasteiger partial charge in [0.2, 0.25) is 0 Å². The minimum atomic E-state index is -1.37. The van der Waals surface area contributed by atoms with Gasteiger partial charge in [0.05, 0.1) is 38.4 Å². The summed E-state index contributed by atoms with van der Waals surface area (Å²) in [7, 11) is -1.37. The minimum Gasteiger partial charge on any atom is -0.489 e. The van der Waals surface area contributed by atoms with Crippen molar-refractivity contribution in [3.8, 4) is 5.75 Å². The highest BCUT2D eigenvalue weighted by atomic mass is 35.5. The molecule has 10 heteroatoms. The van der Waals surface area contributed by atoms with Crippen molar-refractivity contribution in [1.82, 2.24) is 9.62 Å². The van der Waals surface area contributed by atoms with E-state index in [0.717, 1.165) is 0 Å². The number of nitrogens with one attached hydrogen (secondary N) is 1. The number of ether oxygens (including phenoxy) is 3. The zero-order valence-corrected chi connectivity index (χ0v) is 23.4. The number of benzene rings is 1. The van der Waals surface area contributed by atoms with E-state index in [0.29, 0.717) is 53.9 Å². The van der Waals surface area contributed by atoms with Gasteiger partial charge in [0.1, 0.15) is 12.4 Å². The van der Waals surface area contributed by atoms with E-state index >= 15 is 0 Å². The van der Waals surface area contributed by atoms with Crippen LogP contribution in [0.1, 0.15) is 59.1 Å². The maximum atomic E-state index is 13.2. The topological polar surface area (TPSA) is 77.1 Å². The van der Waals surface area contributed by atoms with E-state index in [1.807, 2.05) is 25.7 Å². The van der Waals surface area contributed by atoms with E-state index in [1.54, 1.807) is 32.1 Å². The molecular weight excluding hydrogens is 511 g/mol. The lowest BCUT2D eigenvalue weighted by atomic mass is 9.85. The Bertz CT molecular complexity index is 958. The molecule has 2 fully saturated rings. The summed E-state index contributed by atoms with van der Waals surface area (Å²) in [4.78, 5) is 14.8. The van der Waals surface area contributed by atoms with Crippen molar-refractivity contribution >= 4 is 40.1 Å². The molecule has 0 saturated carbocycles. The highest BCUT2D eigenvalue weighted by Gasteiger charge is 2.41. The summed E-state index contributed by atoms with van der Waals surface area (Å²) in [6.07, 6.45) is 2.43. The number of rotatable bonds is 8. The van der Waals surface area contributed by atoms with Crippen molar-refractivity contribution in [1.29, 1.82) is 0 Å². The van der Waals surface area contributed by atoms with E-state index in [1.165, 1.54) is 0 Å². The third-order valence-corrected chi connectivity index (χ3v) is 8.56. The van der Waals surface area contributed by atoms with Crippen LogP contribution in [0.5, 0.6) is 5.75 Å². The van der Waals surface area contributed by atoms with Gasteiger partial charge in [-0.25, -0.2) is 8.93 Å². The van der Waals surface area contributed by atoms with Crippen LogP contribution in [0.3, 0.4) is 0 Å². The van der Waals surface area contributed by atoms with Crippen LogP contribution in [0.25, 0.3) is 0 Å². The average Bonchev–Trinajstić information content (AvgIpc) is 3.17. The van der Waals surface area contributed by atoms with E-state index in [9.17, 15) is 9.00 Å². The zero-order chi connectivity index (χ0) is 26.0. The fourth-order valence-corrected chi connectivity index (χ4v) is 5.59. The predicted octanol–water partition coefficient (Wildman–Crippen LogP) is 5.04. The maximum absolute atomic E-state index is 13.2. The molecule has 0 spiro atoms. The summed E-state index contributed by atoms with van der Waals surface area (Å²) in [6, 6.07) is 3.08. The summed E-state index contributed by atoms with van der Waals surface area (Å²) < 4.78 is 33.2. The molecule has 3 atom stereocenters. The first-order valence-corrected chi connectivity index (χ1v) is 13.7. The molecule has 0 bridgehead atoms. The summed E-state index contributed by atoms with van der Waals surface area (Å²) in [5.74, 6) is -0.201. The summed E-state index contributed by atoms with van der Waals surface area (Å²) in [6.45, 7) is 14.7. The summed E-state index contributed by atoms with van der Waals surface area (Å²) in [5.41, 5.74) is 0.678. The SMILES string of the molecule is C=CCOc1ccc(Cl)c(Cl)c1[C@H](N[S@@](=O)C(C)(C)C)C1CCN(C(=O)[C@H]2COC(C)(C)O2)CC1. The summed E-state index contributed by atoms with van der Waals surface area (Å²) >= 11 is 13.1. The van der Waals surface area contributed by atoms with Gasteiger partial charge in [0.15, 0.2) is 11.9 Å². The number of amides is 1. The first-order chi connectivity index (χ1) is 16.3. The molecule has 2 aliphatic heterocycles. The molecule has 2 aliphatic rings. The van der Waals surface area contributed by atoms with Gasteiger partial charge in [-0.05, 0) is 65.5 Å². The van der Waals surface area contributed by atoms with Gasteiger partial charge in [-0.15, -0.1) is 0 Å². The molecule has 2 heterocycles. The van der Waals surface area contributed by atoms with Crippen LogP contribution in [0.15, 0.2) is 24.8 Å². The Kier molecular flexibility index (Phi) is 9.32. The van der Waals surface area contributed by atoms with Crippen LogP contribution >= 0.6 is 23.2 Å². The smallest absolute Gasteiger partial charge is 0.254 e. The normalized spacial score (nSPS) is 22.6. The fraction of sp³-hybridized carbons (Fsp3) is 0.640. The number of carbonyl (C=O) groups excluding carboxylic acids is 1. The third kappa shape index (κ3) is 6.99. The maximum Gasteiger partial charge on any atom is 0.254 e. The van der Waals surface area contributed by atoms with Crippen molar-refractivity contribution in [2.45, 2.75) is 70.1 Å². The number of carbonyl (C=O) groups is 1. The number of nitrogens with zero attached hydrogens (tertiary/aromatic N) is 1. The molecule has 35 heavy (non-hydrogen) atoms. The Morgan fingerprint density at radius 3 is 2.54 bits per heavy atom. The highest BCUT2D eigenvalue weighted by Crippen LogP contribution is 2.43. The van der Waals surface area contributed by atoms with Gasteiger partial charge in [0, 0.05) is 18.7 Å². The second-order valence-corrected chi connectivity index (χ2v) is 13.1. The van der Waals surface area contributed by atoms with E-state index < -0.39 is 27.6 Å². The molecule has 3 rings (SSSR count). The monoisotopic (exact) mass is 546 g/mol. The quantitative estimate of drug-likeness (QED) is 0.462. The molecule has 0 aromatic heterocycles. The third-order valence-electron chi connectivity index (χ3n) is 6.16. The molecule has 0 radical (unpaired) electrons. The highest BCUT2D eigenvalue weighted by molar-refractivity contribution is 7.84. The molecule has 1 aromatic carbocycles. The molecule has 1 amide bonds. The first kappa shape index (κ1) is 28.4. The number of hydrogen-bond acceptors (Lipinski definition) is 5. The number of likely N-dealkylation sites (tertiary alicyclic amines) is 1. The van der Waals surface area contributed by atoms with Gasteiger partial charge in [-0.2, -0.15) is 0 Å². The Labute approximate surface area is 221 Å². The largest absolute Gasteiger partial charge is 0.489 e. The van der Waals surface area contributed by atoms with Crippen molar-refractivity contribution in [2.75, 3.05) is 26.3 Å². The lowest BCUT2D eigenvalue weighted by molar-refractivity contribution is -0.161. The Balaban J connectivity index is 1.84. The van der Waals surface area contributed by atoms with Crippen molar-refractivity contribution in [3.63, 3.8) is 0 Å². The standard InChI is InChI=1S/C25H36Cl2N2O5S/c1-7-14-32-18-9-8-17(26)21(27)20(18)22(28-35(31)24(2,3)4)16-10-12-29(13-11-16)23(30)19-15-33-25(5,6)34-19/h7-9,16,19,22,28H,1,10-15H2,2-6H3/t19-,22-,35+/m1/s1. The first-order valence-electron chi connectivity index (χ1n) is 11.8. The summed E-state index contributed by atoms with van der Waals surface area (Å²) in [5, 5.41) is 0.767. The van der Waals surface area contributed by atoms with E-state index in [4.69, 9.17) is 37.4 Å². The predicted molar refractivity (Wildman–Crippen MR) is 140 cm³/mol. The van der Waals surface area contributed by atoms with Gasteiger partial charge in [-0.3, -0.25) is 4.79 Å². The van der Waals surface area contributed by atoms with Crippen LogP contribution in [0, 0.1) is 5.92 Å². The molecule has 0 unspecified atom stereocenters. The minimum absolute atomic E-state index is 0.0459. The second-order valence-electron chi connectivity index (χ2n) is 10.3. The van der Waals surface area contributed by atoms with Crippen molar-refractivity contribution in [2.24, 2.45) is 5.92 Å². The Morgan fingerprint density at radius 2 is 2.00 bits per heavy atom. The zero-order valence-electron chi connectivity index (χ0n) is 21.1. The van der Waals surface area contributed by atoms with Crippen LogP contribution in [0.4, 0.5) is 0 Å². The molecule has 0 aliphatic carbocycles. The molecule has 196 valence electrons. The van der Waals surface area contributed by atoms with Crippen LogP contribution in [-0.2, 0) is 25.3 Å². The van der Waals surface area contributed by atoms with E-state index in [2.05, 4.69) is 11.3 Å². The van der Waals surface area contributed by atoms with Crippen molar-refractivity contribution < 1.29 is 23.2 Å². The van der Waals surface area contributed by atoms with Gasteiger partial charge >= 0.3 is 0 Å². The molecule has 1 aromatic rings. The van der Waals surface area contributed by atoms with Crippen LogP contribution < -0.4 is 9.46 Å². The lowest BCUT2D eigenvalue weighted by Crippen LogP contribution is -2.47.